The third kappa shape index (κ3) is 3.60. The van der Waals surface area contributed by atoms with Crippen LogP contribution in [0.5, 0.6) is 0 Å². The number of benzene rings is 1. The molecule has 1 aliphatic heterocycles. The standard InChI is InChI=1S/C18H26N4O2/c1-3-21(4-2)9-5-8-19-18(23)14-6-7-16-15(12-14)20-17-13-24-11-10-22(16)17/h6-7,12H,3-5,8-11,13H2,1-2H3,(H,19,23). The average molecular weight is 330 g/mol. The van der Waals surface area contributed by atoms with Crippen LogP contribution >= 0.6 is 0 Å². The van der Waals surface area contributed by atoms with Crippen molar-refractivity contribution in [3.63, 3.8) is 0 Å². The summed E-state index contributed by atoms with van der Waals surface area (Å²) < 4.78 is 7.61. The van der Waals surface area contributed by atoms with E-state index in [1.54, 1.807) is 0 Å². The lowest BCUT2D eigenvalue weighted by molar-refractivity contribution is 0.0830. The number of carbonyl (C=O) groups is 1. The van der Waals surface area contributed by atoms with E-state index in [2.05, 4.69) is 33.6 Å². The van der Waals surface area contributed by atoms with Crippen LogP contribution in [0.15, 0.2) is 18.2 Å². The molecule has 6 nitrogen and oxygen atoms in total. The molecule has 0 spiro atoms. The van der Waals surface area contributed by atoms with Crippen LogP contribution in [-0.2, 0) is 17.9 Å². The monoisotopic (exact) mass is 330 g/mol. The van der Waals surface area contributed by atoms with Gasteiger partial charge in [-0.3, -0.25) is 4.79 Å². The fourth-order valence-corrected chi connectivity index (χ4v) is 3.15. The summed E-state index contributed by atoms with van der Waals surface area (Å²) in [6.07, 6.45) is 0.964. The Bertz CT molecular complexity index is 706. The molecule has 0 atom stereocenters. The SMILES string of the molecule is CCN(CC)CCCNC(=O)c1ccc2c(c1)nc1n2CCOC1. The van der Waals surface area contributed by atoms with E-state index in [1.807, 2.05) is 18.2 Å². The van der Waals surface area contributed by atoms with E-state index >= 15 is 0 Å². The minimum atomic E-state index is -0.0290. The molecule has 1 aliphatic rings. The molecule has 0 saturated carbocycles. The highest BCUT2D eigenvalue weighted by Gasteiger charge is 2.16. The molecule has 0 fully saturated rings. The molecular weight excluding hydrogens is 304 g/mol. The Morgan fingerprint density at radius 1 is 1.38 bits per heavy atom. The maximum Gasteiger partial charge on any atom is 0.251 e. The molecule has 0 saturated heterocycles. The zero-order valence-corrected chi connectivity index (χ0v) is 14.5. The number of nitrogens with zero attached hydrogens (tertiary/aromatic N) is 3. The van der Waals surface area contributed by atoms with Crippen molar-refractivity contribution in [2.45, 2.75) is 33.4 Å². The smallest absolute Gasteiger partial charge is 0.251 e. The Kier molecular flexibility index (Phi) is 5.48. The first-order valence-electron chi connectivity index (χ1n) is 8.80. The van der Waals surface area contributed by atoms with E-state index in [4.69, 9.17) is 4.74 Å². The average Bonchev–Trinajstić information content (AvgIpc) is 2.99. The largest absolute Gasteiger partial charge is 0.372 e. The molecule has 0 unspecified atom stereocenters. The van der Waals surface area contributed by atoms with Crippen LogP contribution in [0.3, 0.4) is 0 Å². The molecule has 0 aliphatic carbocycles. The second-order valence-electron chi connectivity index (χ2n) is 6.07. The quantitative estimate of drug-likeness (QED) is 0.789. The summed E-state index contributed by atoms with van der Waals surface area (Å²) in [7, 11) is 0. The van der Waals surface area contributed by atoms with Crippen LogP contribution < -0.4 is 5.32 Å². The number of rotatable bonds is 7. The molecule has 0 bridgehead atoms. The van der Waals surface area contributed by atoms with Gasteiger partial charge in [-0.2, -0.15) is 0 Å². The third-order valence-electron chi connectivity index (χ3n) is 4.61. The minimum absolute atomic E-state index is 0.0290. The summed E-state index contributed by atoms with van der Waals surface area (Å²) >= 11 is 0. The van der Waals surface area contributed by atoms with Gasteiger partial charge in [-0.05, 0) is 44.3 Å². The van der Waals surface area contributed by atoms with E-state index in [9.17, 15) is 4.79 Å². The number of hydrogen-bond acceptors (Lipinski definition) is 4. The minimum Gasteiger partial charge on any atom is -0.372 e. The van der Waals surface area contributed by atoms with Crippen molar-refractivity contribution in [2.75, 3.05) is 32.8 Å². The van der Waals surface area contributed by atoms with Gasteiger partial charge in [0.25, 0.3) is 5.91 Å². The van der Waals surface area contributed by atoms with Crippen molar-refractivity contribution in [3.8, 4) is 0 Å². The van der Waals surface area contributed by atoms with Gasteiger partial charge in [0.05, 0.1) is 17.6 Å². The van der Waals surface area contributed by atoms with Crippen molar-refractivity contribution in [1.82, 2.24) is 19.8 Å². The van der Waals surface area contributed by atoms with Gasteiger partial charge in [-0.25, -0.2) is 4.98 Å². The molecule has 1 amide bonds. The Morgan fingerprint density at radius 2 is 2.21 bits per heavy atom. The Balaban J connectivity index is 1.61. The second kappa shape index (κ2) is 7.77. The van der Waals surface area contributed by atoms with Gasteiger partial charge in [0, 0.05) is 18.7 Å². The van der Waals surface area contributed by atoms with Crippen molar-refractivity contribution < 1.29 is 9.53 Å². The van der Waals surface area contributed by atoms with Gasteiger partial charge < -0.3 is 19.5 Å². The molecule has 1 N–H and O–H groups in total. The highest BCUT2D eigenvalue weighted by atomic mass is 16.5. The van der Waals surface area contributed by atoms with Crippen LogP contribution in [0, 0.1) is 0 Å². The molecule has 2 heterocycles. The zero-order chi connectivity index (χ0) is 16.9. The van der Waals surface area contributed by atoms with Crippen molar-refractivity contribution >= 4 is 16.9 Å². The maximum absolute atomic E-state index is 12.3. The van der Waals surface area contributed by atoms with E-state index in [0.717, 1.165) is 49.5 Å². The fourth-order valence-electron chi connectivity index (χ4n) is 3.15. The van der Waals surface area contributed by atoms with E-state index in [-0.39, 0.29) is 5.91 Å². The normalized spacial score (nSPS) is 14.1. The Hall–Kier alpha value is -1.92. The number of carbonyl (C=O) groups excluding carboxylic acids is 1. The van der Waals surface area contributed by atoms with Gasteiger partial charge in [0.15, 0.2) is 0 Å². The summed E-state index contributed by atoms with van der Waals surface area (Å²) in [4.78, 5) is 19.3. The number of ether oxygens (including phenoxy) is 1. The lowest BCUT2D eigenvalue weighted by atomic mass is 10.2. The molecule has 130 valence electrons. The van der Waals surface area contributed by atoms with Gasteiger partial charge in [-0.15, -0.1) is 0 Å². The van der Waals surface area contributed by atoms with Gasteiger partial charge >= 0.3 is 0 Å². The summed E-state index contributed by atoms with van der Waals surface area (Å²) in [5.74, 6) is 0.909. The summed E-state index contributed by atoms with van der Waals surface area (Å²) in [5, 5.41) is 3.00. The summed E-state index contributed by atoms with van der Waals surface area (Å²) in [6.45, 7) is 10.2. The lowest BCUT2D eigenvalue weighted by Crippen LogP contribution is -2.29. The van der Waals surface area contributed by atoms with Gasteiger partial charge in [0.2, 0.25) is 0 Å². The fraction of sp³-hybridized carbons (Fsp3) is 0.556. The molecule has 3 rings (SSSR count). The first kappa shape index (κ1) is 16.9. The topological polar surface area (TPSA) is 59.4 Å². The van der Waals surface area contributed by atoms with Crippen LogP contribution in [0.1, 0.15) is 36.5 Å². The molecule has 1 aromatic heterocycles. The predicted molar refractivity (Wildman–Crippen MR) is 94.1 cm³/mol. The van der Waals surface area contributed by atoms with Crippen molar-refractivity contribution in [2.24, 2.45) is 0 Å². The second-order valence-corrected chi connectivity index (χ2v) is 6.07. The Labute approximate surface area is 142 Å². The van der Waals surface area contributed by atoms with E-state index < -0.39 is 0 Å². The van der Waals surface area contributed by atoms with E-state index in [1.165, 1.54) is 0 Å². The summed E-state index contributed by atoms with van der Waals surface area (Å²) in [6, 6.07) is 5.74. The Morgan fingerprint density at radius 3 is 3.00 bits per heavy atom. The number of imidazole rings is 1. The number of aromatic nitrogens is 2. The molecule has 2 aromatic rings. The number of nitrogens with one attached hydrogen (secondary N) is 1. The lowest BCUT2D eigenvalue weighted by Gasteiger charge is -2.17. The number of amides is 1. The van der Waals surface area contributed by atoms with Gasteiger partial charge in [-0.1, -0.05) is 13.8 Å². The highest BCUT2D eigenvalue weighted by Crippen LogP contribution is 2.20. The van der Waals surface area contributed by atoms with Crippen molar-refractivity contribution in [3.05, 3.63) is 29.6 Å². The molecule has 0 radical (unpaired) electrons. The highest BCUT2D eigenvalue weighted by molar-refractivity contribution is 5.97. The zero-order valence-electron chi connectivity index (χ0n) is 14.5. The van der Waals surface area contributed by atoms with E-state index in [0.29, 0.717) is 25.3 Å². The van der Waals surface area contributed by atoms with Crippen molar-refractivity contribution in [1.29, 1.82) is 0 Å². The molecular formula is C18H26N4O2. The number of fused-ring (bicyclic) bond motifs is 3. The first-order chi connectivity index (χ1) is 11.7. The van der Waals surface area contributed by atoms with Crippen LogP contribution in [0.4, 0.5) is 0 Å². The molecule has 1 aromatic carbocycles. The van der Waals surface area contributed by atoms with Crippen LogP contribution in [0.25, 0.3) is 11.0 Å². The van der Waals surface area contributed by atoms with Gasteiger partial charge in [0.1, 0.15) is 12.4 Å². The predicted octanol–water partition coefficient (Wildman–Crippen LogP) is 2.03. The third-order valence-corrected chi connectivity index (χ3v) is 4.61. The maximum atomic E-state index is 12.3. The molecule has 6 heteroatoms. The first-order valence-corrected chi connectivity index (χ1v) is 8.80. The van der Waals surface area contributed by atoms with Crippen LogP contribution in [0.2, 0.25) is 0 Å². The number of hydrogen-bond donors (Lipinski definition) is 1. The van der Waals surface area contributed by atoms with Crippen LogP contribution in [-0.4, -0.2) is 53.1 Å². The molecule has 24 heavy (non-hydrogen) atoms. The summed E-state index contributed by atoms with van der Waals surface area (Å²) in [5.41, 5.74) is 2.61.